The van der Waals surface area contributed by atoms with Crippen LogP contribution in [0, 0.1) is 10.1 Å². The summed E-state index contributed by atoms with van der Waals surface area (Å²) in [6.45, 7) is 0. The van der Waals surface area contributed by atoms with E-state index in [1.165, 1.54) is 43.5 Å². The zero-order valence-electron chi connectivity index (χ0n) is 14.9. The van der Waals surface area contributed by atoms with Gasteiger partial charge in [-0.15, -0.1) is 0 Å². The molecule has 11 heteroatoms. The van der Waals surface area contributed by atoms with E-state index in [1.54, 1.807) is 0 Å². The van der Waals surface area contributed by atoms with E-state index >= 15 is 0 Å². The summed E-state index contributed by atoms with van der Waals surface area (Å²) in [5.41, 5.74) is -4.75. The Morgan fingerprint density at radius 3 is 2.59 bits per heavy atom. The number of nitrogens with zero attached hydrogens (tertiary/aromatic N) is 3. The Balaban J connectivity index is 2.11. The van der Waals surface area contributed by atoms with Crippen LogP contribution in [0.15, 0.2) is 53.6 Å². The average molecular weight is 409 g/mol. The minimum atomic E-state index is -4.90. The third kappa shape index (κ3) is 3.76. The van der Waals surface area contributed by atoms with Crippen molar-refractivity contribution in [3.05, 3.63) is 69.8 Å². The van der Waals surface area contributed by atoms with E-state index in [0.717, 1.165) is 12.1 Å². The molecular formula is C18H14F3N3O5. The van der Waals surface area contributed by atoms with Gasteiger partial charge in [0.1, 0.15) is 11.5 Å². The molecule has 1 amide bonds. The zero-order valence-corrected chi connectivity index (χ0v) is 14.9. The van der Waals surface area contributed by atoms with Crippen LogP contribution in [0.4, 0.5) is 18.9 Å². The Hall–Kier alpha value is -3.47. The second kappa shape index (κ2) is 7.17. The molecule has 152 valence electrons. The van der Waals surface area contributed by atoms with E-state index in [9.17, 15) is 33.2 Å². The molecule has 0 saturated heterocycles. The van der Waals surface area contributed by atoms with Gasteiger partial charge in [0.25, 0.3) is 11.6 Å². The lowest BCUT2D eigenvalue weighted by Crippen LogP contribution is -2.43. The molecule has 0 radical (unpaired) electrons. The summed E-state index contributed by atoms with van der Waals surface area (Å²) in [6.07, 6.45) is -5.98. The first-order chi connectivity index (χ1) is 13.6. The number of hydrogen-bond donors (Lipinski definition) is 1. The molecule has 2 aromatic rings. The molecule has 1 aliphatic rings. The second-order valence-electron chi connectivity index (χ2n) is 6.19. The SMILES string of the molecule is COc1cccc(C(=O)N2N=C(C(F)(F)F)C[C@]2(O)c2cccc([N+](=O)[O-])c2)c1. The number of halogens is 3. The molecule has 2 aromatic carbocycles. The largest absolute Gasteiger partial charge is 0.497 e. The molecule has 0 bridgehead atoms. The number of carbonyl (C=O) groups is 1. The molecule has 1 aliphatic heterocycles. The number of aliphatic hydroxyl groups is 1. The predicted molar refractivity (Wildman–Crippen MR) is 94.3 cm³/mol. The number of amides is 1. The molecular weight excluding hydrogens is 395 g/mol. The number of nitro groups is 1. The van der Waals surface area contributed by atoms with Crippen molar-refractivity contribution in [3.63, 3.8) is 0 Å². The van der Waals surface area contributed by atoms with Crippen LogP contribution in [-0.2, 0) is 5.72 Å². The summed E-state index contributed by atoms with van der Waals surface area (Å²) in [6, 6.07) is 9.97. The first-order valence-corrected chi connectivity index (χ1v) is 8.17. The quantitative estimate of drug-likeness (QED) is 0.617. The molecule has 0 aliphatic carbocycles. The molecule has 29 heavy (non-hydrogen) atoms. The van der Waals surface area contributed by atoms with E-state index in [0.29, 0.717) is 5.01 Å². The summed E-state index contributed by atoms with van der Waals surface area (Å²) in [4.78, 5) is 23.2. The highest BCUT2D eigenvalue weighted by Gasteiger charge is 2.53. The normalized spacial score (nSPS) is 19.1. The van der Waals surface area contributed by atoms with Crippen molar-refractivity contribution in [2.24, 2.45) is 5.10 Å². The fourth-order valence-corrected chi connectivity index (χ4v) is 2.89. The van der Waals surface area contributed by atoms with Crippen LogP contribution < -0.4 is 4.74 Å². The monoisotopic (exact) mass is 409 g/mol. The summed E-state index contributed by atoms with van der Waals surface area (Å²) in [7, 11) is 1.35. The van der Waals surface area contributed by atoms with Gasteiger partial charge >= 0.3 is 6.18 Å². The lowest BCUT2D eigenvalue weighted by molar-refractivity contribution is -0.385. The first kappa shape index (κ1) is 20.3. The van der Waals surface area contributed by atoms with E-state index in [4.69, 9.17) is 4.74 Å². The maximum Gasteiger partial charge on any atom is 0.431 e. The highest BCUT2D eigenvalue weighted by atomic mass is 19.4. The molecule has 0 spiro atoms. The Morgan fingerprint density at radius 1 is 1.28 bits per heavy atom. The summed E-state index contributed by atoms with van der Waals surface area (Å²) >= 11 is 0. The van der Waals surface area contributed by atoms with Gasteiger partial charge in [-0.1, -0.05) is 18.2 Å². The molecule has 1 N–H and O–H groups in total. The van der Waals surface area contributed by atoms with E-state index in [2.05, 4.69) is 5.10 Å². The summed E-state index contributed by atoms with van der Waals surface area (Å²) in [5.74, 6) is -0.758. The lowest BCUT2D eigenvalue weighted by atomic mass is 9.96. The maximum absolute atomic E-state index is 13.3. The minimum Gasteiger partial charge on any atom is -0.497 e. The Morgan fingerprint density at radius 2 is 1.97 bits per heavy atom. The molecule has 0 unspecified atom stereocenters. The fraction of sp³-hybridized carbons (Fsp3) is 0.222. The van der Waals surface area contributed by atoms with Gasteiger partial charge in [-0.2, -0.15) is 23.3 Å². The van der Waals surface area contributed by atoms with E-state index < -0.39 is 40.6 Å². The van der Waals surface area contributed by atoms with Crippen molar-refractivity contribution in [1.82, 2.24) is 5.01 Å². The van der Waals surface area contributed by atoms with Gasteiger partial charge in [-0.05, 0) is 18.2 Å². The summed E-state index contributed by atoms with van der Waals surface area (Å²) < 4.78 is 44.8. The van der Waals surface area contributed by atoms with Crippen molar-refractivity contribution < 1.29 is 32.7 Å². The zero-order chi connectivity index (χ0) is 21.4. The van der Waals surface area contributed by atoms with Crippen LogP contribution in [0.1, 0.15) is 22.3 Å². The average Bonchev–Trinajstić information content (AvgIpc) is 3.06. The number of alkyl halides is 3. The van der Waals surface area contributed by atoms with Gasteiger partial charge in [-0.25, -0.2) is 0 Å². The van der Waals surface area contributed by atoms with Gasteiger partial charge in [0.05, 0.1) is 18.5 Å². The molecule has 1 atom stereocenters. The van der Waals surface area contributed by atoms with Crippen LogP contribution >= 0.6 is 0 Å². The smallest absolute Gasteiger partial charge is 0.431 e. The fourth-order valence-electron chi connectivity index (χ4n) is 2.89. The van der Waals surface area contributed by atoms with Crippen LogP contribution in [0.5, 0.6) is 5.75 Å². The van der Waals surface area contributed by atoms with E-state index in [1.807, 2.05) is 0 Å². The molecule has 3 rings (SSSR count). The van der Waals surface area contributed by atoms with Crippen LogP contribution in [0.2, 0.25) is 0 Å². The third-order valence-electron chi connectivity index (χ3n) is 4.34. The Bertz CT molecular complexity index is 1010. The number of rotatable bonds is 4. The van der Waals surface area contributed by atoms with Crippen molar-refractivity contribution in [2.75, 3.05) is 7.11 Å². The van der Waals surface area contributed by atoms with Crippen LogP contribution in [0.25, 0.3) is 0 Å². The number of ether oxygens (including phenoxy) is 1. The molecule has 0 saturated carbocycles. The van der Waals surface area contributed by atoms with E-state index in [-0.39, 0.29) is 16.9 Å². The van der Waals surface area contributed by atoms with Crippen molar-refractivity contribution in [1.29, 1.82) is 0 Å². The Kier molecular flexibility index (Phi) is 5.01. The van der Waals surface area contributed by atoms with Crippen molar-refractivity contribution in [2.45, 2.75) is 18.3 Å². The molecule has 0 fully saturated rings. The van der Waals surface area contributed by atoms with Gasteiger partial charge in [0.2, 0.25) is 0 Å². The third-order valence-corrected chi connectivity index (χ3v) is 4.34. The highest BCUT2D eigenvalue weighted by Crippen LogP contribution is 2.41. The number of hydrogen-bond acceptors (Lipinski definition) is 6. The van der Waals surface area contributed by atoms with Gasteiger partial charge in [-0.3, -0.25) is 14.9 Å². The lowest BCUT2D eigenvalue weighted by Gasteiger charge is -2.31. The van der Waals surface area contributed by atoms with Gasteiger partial charge in [0.15, 0.2) is 5.72 Å². The topological polar surface area (TPSA) is 105 Å². The van der Waals surface area contributed by atoms with Crippen molar-refractivity contribution in [3.8, 4) is 5.75 Å². The second-order valence-corrected chi connectivity index (χ2v) is 6.19. The standard InChI is InChI=1S/C18H14F3N3O5/c1-29-14-7-2-4-11(8-14)16(25)23-17(26,10-15(22-23)18(19,20)21)12-5-3-6-13(9-12)24(27)28/h2-9,26H,10H2,1H3/t17-/m0/s1. The van der Waals surface area contributed by atoms with Gasteiger partial charge < -0.3 is 9.84 Å². The van der Waals surface area contributed by atoms with Gasteiger partial charge in [0, 0.05) is 23.3 Å². The number of benzene rings is 2. The minimum absolute atomic E-state index is 0.0830. The Labute approximate surface area is 162 Å². The maximum atomic E-state index is 13.3. The highest BCUT2D eigenvalue weighted by molar-refractivity contribution is 6.00. The molecule has 1 heterocycles. The summed E-state index contributed by atoms with van der Waals surface area (Å²) in [5, 5.41) is 25.7. The number of nitro benzene ring substituents is 1. The van der Waals surface area contributed by atoms with Crippen LogP contribution in [-0.4, -0.2) is 39.9 Å². The number of non-ortho nitro benzene ring substituents is 1. The predicted octanol–water partition coefficient (Wildman–Crippen LogP) is 3.21. The number of hydrazone groups is 1. The number of methoxy groups -OCH3 is 1. The first-order valence-electron chi connectivity index (χ1n) is 8.17. The molecule has 8 nitrogen and oxygen atoms in total. The number of carbonyl (C=O) groups excluding carboxylic acids is 1. The van der Waals surface area contributed by atoms with Crippen molar-refractivity contribution >= 4 is 17.3 Å². The van der Waals surface area contributed by atoms with Crippen LogP contribution in [0.3, 0.4) is 0 Å². The molecule has 0 aromatic heterocycles.